The minimum absolute atomic E-state index is 0.0920. The number of pyridine rings is 1. The fourth-order valence-electron chi connectivity index (χ4n) is 2.21. The minimum atomic E-state index is -0.117. The van der Waals surface area contributed by atoms with E-state index in [4.69, 9.17) is 0 Å². The highest BCUT2D eigenvalue weighted by atomic mass is 16.1. The third kappa shape index (κ3) is 4.71. The van der Waals surface area contributed by atoms with Crippen LogP contribution in [0.25, 0.3) is 0 Å². The molecule has 0 saturated heterocycles. The van der Waals surface area contributed by atoms with Crippen molar-refractivity contribution >= 4 is 5.91 Å². The van der Waals surface area contributed by atoms with Crippen LogP contribution in [0.3, 0.4) is 0 Å². The Kier molecular flexibility index (Phi) is 5.50. The van der Waals surface area contributed by atoms with Gasteiger partial charge in [0, 0.05) is 18.8 Å². The van der Waals surface area contributed by atoms with E-state index < -0.39 is 0 Å². The summed E-state index contributed by atoms with van der Waals surface area (Å²) in [6, 6.07) is 13.8. The van der Waals surface area contributed by atoms with Gasteiger partial charge in [0.2, 0.25) is 5.91 Å². The number of rotatable bonds is 6. The van der Waals surface area contributed by atoms with Gasteiger partial charge in [-0.25, -0.2) is 0 Å². The van der Waals surface area contributed by atoms with E-state index in [9.17, 15) is 4.79 Å². The van der Waals surface area contributed by atoms with Crippen molar-refractivity contribution in [3.8, 4) is 0 Å². The summed E-state index contributed by atoms with van der Waals surface area (Å²) >= 11 is 0. The van der Waals surface area contributed by atoms with E-state index in [-0.39, 0.29) is 11.9 Å². The largest absolute Gasteiger partial charge is 0.345 e. The van der Waals surface area contributed by atoms with Crippen LogP contribution in [0.1, 0.15) is 43.9 Å². The summed E-state index contributed by atoms with van der Waals surface area (Å²) in [7, 11) is 0. The molecule has 1 N–H and O–H groups in total. The summed E-state index contributed by atoms with van der Waals surface area (Å²) in [5.74, 6) is 0.626. The Labute approximate surface area is 126 Å². The van der Waals surface area contributed by atoms with Crippen molar-refractivity contribution in [1.82, 2.24) is 10.3 Å². The third-order valence-corrected chi connectivity index (χ3v) is 3.43. The number of carbonyl (C=O) groups is 1. The van der Waals surface area contributed by atoms with Gasteiger partial charge in [-0.1, -0.05) is 44.2 Å². The van der Waals surface area contributed by atoms with E-state index in [1.54, 1.807) is 12.4 Å². The number of carbonyl (C=O) groups excluding carboxylic acids is 1. The van der Waals surface area contributed by atoms with E-state index in [0.29, 0.717) is 12.3 Å². The van der Waals surface area contributed by atoms with Crippen LogP contribution in [-0.2, 0) is 4.79 Å². The van der Waals surface area contributed by atoms with Gasteiger partial charge in [0.05, 0.1) is 6.04 Å². The van der Waals surface area contributed by atoms with Gasteiger partial charge < -0.3 is 5.32 Å². The molecule has 1 aromatic heterocycles. The average molecular weight is 282 g/mol. The Morgan fingerprint density at radius 3 is 2.29 bits per heavy atom. The number of benzene rings is 1. The van der Waals surface area contributed by atoms with Crippen molar-refractivity contribution in [2.24, 2.45) is 5.92 Å². The van der Waals surface area contributed by atoms with Crippen LogP contribution >= 0.6 is 0 Å². The zero-order valence-electron chi connectivity index (χ0n) is 12.6. The predicted molar refractivity (Wildman–Crippen MR) is 84.7 cm³/mol. The summed E-state index contributed by atoms with van der Waals surface area (Å²) < 4.78 is 0. The van der Waals surface area contributed by atoms with Crippen molar-refractivity contribution in [3.63, 3.8) is 0 Å². The molecule has 0 aliphatic rings. The van der Waals surface area contributed by atoms with E-state index in [2.05, 4.69) is 24.1 Å². The molecule has 1 unspecified atom stereocenters. The molecule has 0 aliphatic heterocycles. The summed E-state index contributed by atoms with van der Waals surface area (Å²) in [4.78, 5) is 16.2. The number of nitrogens with zero attached hydrogens (tertiary/aromatic N) is 1. The molecule has 1 aromatic carbocycles. The zero-order valence-corrected chi connectivity index (χ0v) is 12.6. The minimum Gasteiger partial charge on any atom is -0.345 e. The second kappa shape index (κ2) is 7.58. The van der Waals surface area contributed by atoms with Gasteiger partial charge in [0.15, 0.2) is 0 Å². The molecular weight excluding hydrogens is 260 g/mol. The topological polar surface area (TPSA) is 42.0 Å². The highest BCUT2D eigenvalue weighted by Crippen LogP contribution is 2.21. The maximum Gasteiger partial charge on any atom is 0.220 e. The molecule has 3 heteroatoms. The quantitative estimate of drug-likeness (QED) is 0.877. The average Bonchev–Trinajstić information content (AvgIpc) is 2.52. The first-order valence-corrected chi connectivity index (χ1v) is 7.41. The van der Waals surface area contributed by atoms with Crippen LogP contribution in [0.2, 0.25) is 0 Å². The molecule has 0 bridgehead atoms. The Balaban J connectivity index is 2.16. The number of hydrogen-bond acceptors (Lipinski definition) is 2. The van der Waals surface area contributed by atoms with Crippen LogP contribution in [0.4, 0.5) is 0 Å². The van der Waals surface area contributed by atoms with Crippen molar-refractivity contribution in [2.45, 2.75) is 32.7 Å². The molecular formula is C18H22N2O. The van der Waals surface area contributed by atoms with Gasteiger partial charge in [-0.15, -0.1) is 0 Å². The number of aromatic nitrogens is 1. The van der Waals surface area contributed by atoms with Crippen molar-refractivity contribution in [2.75, 3.05) is 0 Å². The summed E-state index contributed by atoms with van der Waals surface area (Å²) in [5, 5.41) is 3.14. The van der Waals surface area contributed by atoms with E-state index >= 15 is 0 Å². The van der Waals surface area contributed by atoms with Crippen LogP contribution in [0.5, 0.6) is 0 Å². The molecule has 2 aromatic rings. The smallest absolute Gasteiger partial charge is 0.220 e. The molecule has 110 valence electrons. The number of nitrogens with one attached hydrogen (secondary N) is 1. The fraction of sp³-hybridized carbons (Fsp3) is 0.333. The second-order valence-corrected chi connectivity index (χ2v) is 5.62. The maximum atomic E-state index is 12.2. The van der Waals surface area contributed by atoms with Crippen LogP contribution in [0.15, 0.2) is 54.9 Å². The fourth-order valence-corrected chi connectivity index (χ4v) is 2.21. The van der Waals surface area contributed by atoms with Gasteiger partial charge >= 0.3 is 0 Å². The lowest BCUT2D eigenvalue weighted by atomic mass is 9.99. The zero-order chi connectivity index (χ0) is 15.1. The van der Waals surface area contributed by atoms with Crippen molar-refractivity contribution in [3.05, 3.63) is 66.0 Å². The molecule has 0 saturated carbocycles. The van der Waals surface area contributed by atoms with Gasteiger partial charge in [0.1, 0.15) is 0 Å². The van der Waals surface area contributed by atoms with Gasteiger partial charge in [0.25, 0.3) is 0 Å². The lowest BCUT2D eigenvalue weighted by Gasteiger charge is -2.20. The Morgan fingerprint density at radius 1 is 1.05 bits per heavy atom. The van der Waals surface area contributed by atoms with E-state index in [1.165, 1.54) is 0 Å². The van der Waals surface area contributed by atoms with Crippen LogP contribution < -0.4 is 5.32 Å². The predicted octanol–water partition coefficient (Wildman–Crippen LogP) is 3.72. The summed E-state index contributed by atoms with van der Waals surface area (Å²) in [6.07, 6.45) is 4.98. The molecule has 1 amide bonds. The summed E-state index contributed by atoms with van der Waals surface area (Å²) in [5.41, 5.74) is 2.13. The standard InChI is InChI=1S/C18H22N2O/c1-14(2)8-9-17(21)20-18(15-6-4-3-5-7-15)16-10-12-19-13-11-16/h3-7,10-14,18H,8-9H2,1-2H3,(H,20,21). The molecule has 21 heavy (non-hydrogen) atoms. The second-order valence-electron chi connectivity index (χ2n) is 5.62. The number of amides is 1. The van der Waals surface area contributed by atoms with E-state index in [0.717, 1.165) is 17.5 Å². The SMILES string of the molecule is CC(C)CCC(=O)NC(c1ccccc1)c1ccncc1. The molecule has 0 spiro atoms. The normalized spacial score (nSPS) is 12.1. The van der Waals surface area contributed by atoms with Gasteiger partial charge in [-0.3, -0.25) is 9.78 Å². The molecule has 0 fully saturated rings. The molecule has 1 heterocycles. The van der Waals surface area contributed by atoms with Crippen molar-refractivity contribution in [1.29, 1.82) is 0 Å². The Bertz CT molecular complexity index is 512. The van der Waals surface area contributed by atoms with Crippen LogP contribution in [0, 0.1) is 5.92 Å². The first-order chi connectivity index (χ1) is 10.2. The first kappa shape index (κ1) is 15.2. The maximum absolute atomic E-state index is 12.2. The molecule has 3 nitrogen and oxygen atoms in total. The van der Waals surface area contributed by atoms with Crippen LogP contribution in [-0.4, -0.2) is 10.9 Å². The molecule has 0 radical (unpaired) electrons. The molecule has 1 atom stereocenters. The molecule has 2 rings (SSSR count). The highest BCUT2D eigenvalue weighted by Gasteiger charge is 2.16. The van der Waals surface area contributed by atoms with Gasteiger partial charge in [-0.05, 0) is 35.6 Å². The lowest BCUT2D eigenvalue weighted by molar-refractivity contribution is -0.121. The van der Waals surface area contributed by atoms with E-state index in [1.807, 2.05) is 42.5 Å². The van der Waals surface area contributed by atoms with Gasteiger partial charge in [-0.2, -0.15) is 0 Å². The lowest BCUT2D eigenvalue weighted by Crippen LogP contribution is -2.29. The highest BCUT2D eigenvalue weighted by molar-refractivity contribution is 5.77. The van der Waals surface area contributed by atoms with Crippen molar-refractivity contribution < 1.29 is 4.79 Å². The Hall–Kier alpha value is -2.16. The summed E-state index contributed by atoms with van der Waals surface area (Å²) in [6.45, 7) is 4.26. The molecule has 0 aliphatic carbocycles. The Morgan fingerprint density at radius 2 is 1.67 bits per heavy atom. The first-order valence-electron chi connectivity index (χ1n) is 7.41. The monoisotopic (exact) mass is 282 g/mol. The third-order valence-electron chi connectivity index (χ3n) is 3.43. The number of hydrogen-bond donors (Lipinski definition) is 1.